The second kappa shape index (κ2) is 7.25. The molecular formula is C15H14N2O3S. The van der Waals surface area contributed by atoms with Gasteiger partial charge in [-0.1, -0.05) is 18.2 Å². The molecular weight excluding hydrogens is 288 g/mol. The minimum Gasteiger partial charge on any atom is -0.497 e. The Balaban J connectivity index is 1.86. The van der Waals surface area contributed by atoms with Crippen molar-refractivity contribution in [3.63, 3.8) is 0 Å². The highest BCUT2D eigenvalue weighted by Crippen LogP contribution is 2.13. The van der Waals surface area contributed by atoms with Crippen LogP contribution in [0.15, 0.2) is 47.9 Å². The largest absolute Gasteiger partial charge is 0.497 e. The first-order chi connectivity index (χ1) is 10.2. The van der Waals surface area contributed by atoms with Crippen LogP contribution in [0.2, 0.25) is 0 Å². The standard InChI is InChI=1S/C15H14N2O3S/c1-20-12-5-2-4-11(10-12)7-8-14(18)16-17-15(19)13-6-3-9-21-13/h2-10H,1H3,(H,16,18)(H,17,19)/b8-7+. The van der Waals surface area contributed by atoms with E-state index < -0.39 is 5.91 Å². The lowest BCUT2D eigenvalue weighted by Crippen LogP contribution is -2.40. The Morgan fingerprint density at radius 1 is 1.19 bits per heavy atom. The van der Waals surface area contributed by atoms with Crippen molar-refractivity contribution in [3.8, 4) is 5.75 Å². The summed E-state index contributed by atoms with van der Waals surface area (Å²) >= 11 is 1.30. The third-order valence-corrected chi connectivity index (χ3v) is 3.43. The van der Waals surface area contributed by atoms with Gasteiger partial charge >= 0.3 is 0 Å². The number of amides is 2. The molecule has 2 aromatic rings. The Morgan fingerprint density at radius 2 is 2.05 bits per heavy atom. The van der Waals surface area contributed by atoms with Crippen molar-refractivity contribution >= 4 is 29.2 Å². The van der Waals surface area contributed by atoms with Crippen molar-refractivity contribution in [2.45, 2.75) is 0 Å². The molecule has 1 aromatic carbocycles. The number of nitrogens with one attached hydrogen (secondary N) is 2. The van der Waals surface area contributed by atoms with Crippen molar-refractivity contribution in [2.24, 2.45) is 0 Å². The number of carbonyl (C=O) groups is 2. The summed E-state index contributed by atoms with van der Waals surface area (Å²) in [6, 6.07) is 10.7. The van der Waals surface area contributed by atoms with E-state index in [1.165, 1.54) is 17.4 Å². The molecule has 2 rings (SSSR count). The van der Waals surface area contributed by atoms with Crippen LogP contribution in [0, 0.1) is 0 Å². The number of methoxy groups -OCH3 is 1. The molecule has 0 bridgehead atoms. The summed E-state index contributed by atoms with van der Waals surface area (Å²) in [5.41, 5.74) is 5.49. The van der Waals surface area contributed by atoms with Crippen molar-refractivity contribution < 1.29 is 14.3 Å². The summed E-state index contributed by atoms with van der Waals surface area (Å²) in [5.74, 6) is -0.0422. The third-order valence-electron chi connectivity index (χ3n) is 2.57. The Hall–Kier alpha value is -2.60. The van der Waals surface area contributed by atoms with Gasteiger partial charge in [-0.25, -0.2) is 0 Å². The number of hydrazine groups is 1. The molecule has 21 heavy (non-hydrogen) atoms. The highest BCUT2D eigenvalue weighted by atomic mass is 32.1. The molecule has 0 saturated heterocycles. The van der Waals surface area contributed by atoms with E-state index in [4.69, 9.17) is 4.74 Å². The molecule has 0 spiro atoms. The molecule has 6 heteroatoms. The lowest BCUT2D eigenvalue weighted by atomic mass is 10.2. The van der Waals surface area contributed by atoms with Crippen molar-refractivity contribution in [1.29, 1.82) is 0 Å². The molecule has 108 valence electrons. The Kier molecular flexibility index (Phi) is 5.11. The van der Waals surface area contributed by atoms with Gasteiger partial charge in [0, 0.05) is 6.08 Å². The highest BCUT2D eigenvalue weighted by Gasteiger charge is 2.06. The van der Waals surface area contributed by atoms with E-state index in [1.807, 2.05) is 18.2 Å². The monoisotopic (exact) mass is 302 g/mol. The Morgan fingerprint density at radius 3 is 2.76 bits per heavy atom. The molecule has 0 aliphatic heterocycles. The predicted molar refractivity (Wildman–Crippen MR) is 82.0 cm³/mol. The second-order valence-electron chi connectivity index (χ2n) is 4.03. The van der Waals surface area contributed by atoms with Crippen LogP contribution in [-0.4, -0.2) is 18.9 Å². The normalized spacial score (nSPS) is 10.3. The lowest BCUT2D eigenvalue weighted by molar-refractivity contribution is -0.117. The zero-order chi connectivity index (χ0) is 15.1. The lowest BCUT2D eigenvalue weighted by Gasteiger charge is -2.03. The molecule has 0 aliphatic carbocycles. The first-order valence-corrected chi connectivity index (χ1v) is 7.03. The molecule has 0 unspecified atom stereocenters. The molecule has 0 radical (unpaired) electrons. The van der Waals surface area contributed by atoms with Gasteiger partial charge in [0.15, 0.2) is 0 Å². The number of hydrogen-bond donors (Lipinski definition) is 2. The summed E-state index contributed by atoms with van der Waals surface area (Å²) in [6.07, 6.45) is 2.97. The Bertz CT molecular complexity index is 651. The van der Waals surface area contributed by atoms with E-state index in [9.17, 15) is 9.59 Å². The maximum Gasteiger partial charge on any atom is 0.279 e. The van der Waals surface area contributed by atoms with Gasteiger partial charge in [0.1, 0.15) is 5.75 Å². The summed E-state index contributed by atoms with van der Waals surface area (Å²) in [6.45, 7) is 0. The number of benzene rings is 1. The highest BCUT2D eigenvalue weighted by molar-refractivity contribution is 7.12. The molecule has 2 amide bonds. The molecule has 2 N–H and O–H groups in total. The SMILES string of the molecule is COc1cccc(/C=C/C(=O)NNC(=O)c2cccs2)c1. The van der Waals surface area contributed by atoms with Crippen LogP contribution in [0.3, 0.4) is 0 Å². The summed E-state index contributed by atoms with van der Waals surface area (Å²) in [7, 11) is 1.58. The van der Waals surface area contributed by atoms with Crippen LogP contribution >= 0.6 is 11.3 Å². The van der Waals surface area contributed by atoms with Crippen LogP contribution in [0.4, 0.5) is 0 Å². The molecule has 0 saturated carbocycles. The predicted octanol–water partition coefficient (Wildman–Crippen LogP) is 2.23. The fraction of sp³-hybridized carbons (Fsp3) is 0.0667. The van der Waals surface area contributed by atoms with Gasteiger partial charge in [-0.05, 0) is 35.2 Å². The van der Waals surface area contributed by atoms with Gasteiger partial charge in [0.2, 0.25) is 0 Å². The van der Waals surface area contributed by atoms with Crippen LogP contribution in [0.1, 0.15) is 15.2 Å². The summed E-state index contributed by atoms with van der Waals surface area (Å²) < 4.78 is 5.09. The smallest absolute Gasteiger partial charge is 0.279 e. The van der Waals surface area contributed by atoms with Crippen LogP contribution in [0.25, 0.3) is 6.08 Å². The van der Waals surface area contributed by atoms with Crippen molar-refractivity contribution in [2.75, 3.05) is 7.11 Å². The number of carbonyl (C=O) groups excluding carboxylic acids is 2. The number of thiophene rings is 1. The van der Waals surface area contributed by atoms with Crippen molar-refractivity contribution in [1.82, 2.24) is 10.9 Å². The maximum atomic E-state index is 11.6. The molecule has 0 aliphatic rings. The average molecular weight is 302 g/mol. The minimum atomic E-state index is -0.414. The van der Waals surface area contributed by atoms with Crippen LogP contribution < -0.4 is 15.6 Å². The van der Waals surface area contributed by atoms with E-state index in [2.05, 4.69) is 10.9 Å². The fourth-order valence-electron chi connectivity index (χ4n) is 1.55. The maximum absolute atomic E-state index is 11.6. The first kappa shape index (κ1) is 14.8. The van der Waals surface area contributed by atoms with Crippen LogP contribution in [-0.2, 0) is 4.79 Å². The molecule has 0 fully saturated rings. The third kappa shape index (κ3) is 4.47. The quantitative estimate of drug-likeness (QED) is 0.672. The Labute approximate surface area is 126 Å². The molecule has 1 aromatic heterocycles. The topological polar surface area (TPSA) is 67.4 Å². The number of ether oxygens (including phenoxy) is 1. The van der Waals surface area contributed by atoms with Crippen molar-refractivity contribution in [3.05, 3.63) is 58.3 Å². The molecule has 1 heterocycles. The van der Waals surface area contributed by atoms with E-state index >= 15 is 0 Å². The number of hydrogen-bond acceptors (Lipinski definition) is 4. The van der Waals surface area contributed by atoms with Gasteiger partial charge in [0.25, 0.3) is 11.8 Å². The molecule has 5 nitrogen and oxygen atoms in total. The van der Waals surface area contributed by atoms with E-state index in [0.29, 0.717) is 10.6 Å². The molecule has 0 atom stereocenters. The fourth-order valence-corrected chi connectivity index (χ4v) is 2.17. The average Bonchev–Trinajstić information content (AvgIpc) is 3.05. The van der Waals surface area contributed by atoms with Gasteiger partial charge in [-0.2, -0.15) is 0 Å². The van der Waals surface area contributed by atoms with E-state index in [1.54, 1.807) is 36.8 Å². The first-order valence-electron chi connectivity index (χ1n) is 6.15. The van der Waals surface area contributed by atoms with E-state index in [-0.39, 0.29) is 5.91 Å². The minimum absolute atomic E-state index is 0.340. The number of rotatable bonds is 4. The zero-order valence-corrected chi connectivity index (χ0v) is 12.1. The zero-order valence-electron chi connectivity index (χ0n) is 11.3. The van der Waals surface area contributed by atoms with E-state index in [0.717, 1.165) is 5.56 Å². The van der Waals surface area contributed by atoms with Crippen LogP contribution in [0.5, 0.6) is 5.75 Å². The van der Waals surface area contributed by atoms with Gasteiger partial charge in [0.05, 0.1) is 12.0 Å². The van der Waals surface area contributed by atoms with Gasteiger partial charge in [-0.15, -0.1) is 11.3 Å². The summed E-state index contributed by atoms with van der Waals surface area (Å²) in [5, 5.41) is 1.79. The summed E-state index contributed by atoms with van der Waals surface area (Å²) in [4.78, 5) is 23.8. The van der Waals surface area contributed by atoms with Gasteiger partial charge in [-0.3, -0.25) is 20.4 Å². The second-order valence-corrected chi connectivity index (χ2v) is 4.98. The van der Waals surface area contributed by atoms with Gasteiger partial charge < -0.3 is 4.74 Å².